The maximum absolute atomic E-state index is 12.3. The van der Waals surface area contributed by atoms with Gasteiger partial charge in [0.05, 0.1) is 18.3 Å². The van der Waals surface area contributed by atoms with Crippen LogP contribution in [-0.2, 0) is 37.8 Å². The quantitative estimate of drug-likeness (QED) is 0.0566. The van der Waals surface area contributed by atoms with E-state index in [-0.39, 0.29) is 39.1 Å². The topological polar surface area (TPSA) is 128 Å². The molecule has 2 aliphatic carbocycles. The number of carbonyl (C=O) groups is 4. The molecule has 0 atom stereocenters. The number of rotatable bonds is 12. The smallest absolute Gasteiger partial charge is 0.347 e. The number of nitrogens with zero attached hydrogens (tertiary/aromatic N) is 7. The van der Waals surface area contributed by atoms with Crippen LogP contribution in [0.15, 0.2) is 116 Å². The van der Waals surface area contributed by atoms with Crippen LogP contribution in [-0.4, -0.2) is 134 Å². The summed E-state index contributed by atoms with van der Waals surface area (Å²) in [6.45, 7) is 17.3. The molecule has 2 spiro atoms. The average Bonchev–Trinajstić information content (AvgIpc) is 4.24. The van der Waals surface area contributed by atoms with Crippen molar-refractivity contribution < 1.29 is 45.5 Å². The first-order valence-corrected chi connectivity index (χ1v) is 29.6. The Kier molecular flexibility index (Phi) is 23.4. The number of piperazine rings is 2. The lowest BCUT2D eigenvalue weighted by Gasteiger charge is -2.52. The number of hydrogen-bond donors (Lipinski definition) is 1. The third kappa shape index (κ3) is 16.1. The summed E-state index contributed by atoms with van der Waals surface area (Å²) in [6.07, 6.45) is 8.76. The lowest BCUT2D eigenvalue weighted by atomic mass is 9.76. The molecular formula is C60H81F6N8O4Si. The van der Waals surface area contributed by atoms with Crippen molar-refractivity contribution >= 4 is 32.2 Å². The zero-order valence-corrected chi connectivity index (χ0v) is 46.9. The number of aromatic nitrogens is 4. The lowest BCUT2D eigenvalue weighted by molar-refractivity contribution is -0.193. The molecule has 0 bridgehead atoms. The fraction of sp³-hybridized carbons (Fsp3) is 0.533. The molecule has 2 aromatic heterocycles. The van der Waals surface area contributed by atoms with Gasteiger partial charge in [-0.3, -0.25) is 29.0 Å². The molecule has 2 amide bonds. The Balaban J connectivity index is 0.000000238. The Morgan fingerprint density at radius 1 is 0.582 bits per heavy atom. The normalized spacial score (nSPS) is 17.5. The molecule has 1 N–H and O–H groups in total. The van der Waals surface area contributed by atoms with Gasteiger partial charge in [0.25, 0.3) is 0 Å². The van der Waals surface area contributed by atoms with Crippen molar-refractivity contribution in [2.45, 2.75) is 166 Å². The zero-order valence-electron chi connectivity index (χ0n) is 45.9. The third-order valence-corrected chi connectivity index (χ3v) is 19.1. The van der Waals surface area contributed by atoms with E-state index in [4.69, 9.17) is 4.98 Å². The van der Waals surface area contributed by atoms with Crippen LogP contribution in [0.1, 0.15) is 134 Å². The van der Waals surface area contributed by atoms with Gasteiger partial charge in [0.2, 0.25) is 11.8 Å². The number of nitrogens with one attached hydrogen (secondary N) is 1. The SMILES string of the molecule is C.CC(=O)N1CCN(Cc2cn(C(c3ccccc3)(c3ccccc3)c3ccccc3)cn2)C2(CCCCC2)C1.CC(=O)N1CCN(Cc2cnc[nH]2)C2(CCCCC2)C1.CC[Si](CC)CC.O=C(C(=O)C(F)(F)F)C(F)(F)F. The fourth-order valence-electron chi connectivity index (χ4n) is 11.8. The Morgan fingerprint density at radius 3 is 1.30 bits per heavy atom. The van der Waals surface area contributed by atoms with Crippen molar-refractivity contribution in [3.05, 3.63) is 144 Å². The van der Waals surface area contributed by atoms with Gasteiger partial charge in [0.15, 0.2) is 0 Å². The number of amides is 2. The van der Waals surface area contributed by atoms with Gasteiger partial charge in [-0.1, -0.05) is 176 Å². The second-order valence-electron chi connectivity index (χ2n) is 20.9. The van der Waals surface area contributed by atoms with Crippen molar-refractivity contribution in [1.82, 2.24) is 39.1 Å². The number of carbonyl (C=O) groups excluding carboxylic acids is 4. The van der Waals surface area contributed by atoms with E-state index in [1.807, 2.05) is 17.4 Å². The highest BCUT2D eigenvalue weighted by molar-refractivity contribution is 6.58. The fourth-order valence-corrected chi connectivity index (χ4v) is 13.3. The van der Waals surface area contributed by atoms with Crippen molar-refractivity contribution in [2.75, 3.05) is 39.3 Å². The first-order chi connectivity index (χ1) is 37.2. The Hall–Kier alpha value is -5.92. The van der Waals surface area contributed by atoms with Crippen molar-refractivity contribution in [2.24, 2.45) is 0 Å². The van der Waals surface area contributed by atoms with Gasteiger partial charge in [-0.05, 0) is 42.4 Å². The van der Waals surface area contributed by atoms with Crippen molar-refractivity contribution in [3.63, 3.8) is 0 Å². The minimum atomic E-state index is -5.77. The van der Waals surface area contributed by atoms with E-state index >= 15 is 0 Å². The number of H-pyrrole nitrogens is 1. The second kappa shape index (κ2) is 29.0. The Morgan fingerprint density at radius 2 is 0.975 bits per heavy atom. The number of benzene rings is 3. The highest BCUT2D eigenvalue weighted by Gasteiger charge is 2.54. The molecule has 0 unspecified atom stereocenters. The molecule has 2 saturated heterocycles. The van der Waals surface area contributed by atoms with E-state index in [9.17, 15) is 45.5 Å². The molecule has 12 nitrogen and oxygen atoms in total. The molecule has 431 valence electrons. The van der Waals surface area contributed by atoms with E-state index in [0.29, 0.717) is 0 Å². The van der Waals surface area contributed by atoms with Crippen LogP contribution in [0.2, 0.25) is 18.1 Å². The summed E-state index contributed by atoms with van der Waals surface area (Å²) in [6, 6.07) is 36.6. The number of aromatic amines is 1. The average molecular weight is 1120 g/mol. The number of hydrogen-bond acceptors (Lipinski definition) is 8. The standard InChI is InChI=1S/C34H38N4O.C15H24N4O.C6H15Si.C4F6O2.CH4/c1-28(39)36-22-23-37(33(26-36)20-12-5-13-21-33)24-32-25-38(27-35-32)34(29-14-6-2-7-15-29,30-16-8-3-9-17-30)31-18-10-4-11-19-31;1-13(20)18-7-8-19(10-14-9-16-12-17-14)15(11-18)5-3-2-4-6-15;1-4-7(5-2)6-3;5-3(6,7)1(11)2(12)4(8,9)10;/h2-4,6-11,14-19,25,27H,5,12-13,20-24,26H2,1H3;9,12H,2-8,10-11H2,1H3,(H,16,17);4-6H2,1-3H3;;1H4. The lowest BCUT2D eigenvalue weighted by Crippen LogP contribution is -2.63. The summed E-state index contributed by atoms with van der Waals surface area (Å²) in [7, 11) is 0.137. The van der Waals surface area contributed by atoms with Crippen LogP contribution in [0.25, 0.3) is 0 Å². The highest BCUT2D eigenvalue weighted by Crippen LogP contribution is 2.42. The van der Waals surface area contributed by atoms with Gasteiger partial charge >= 0.3 is 23.9 Å². The second-order valence-corrected chi connectivity index (χ2v) is 24.5. The van der Waals surface area contributed by atoms with Gasteiger partial charge in [-0.15, -0.1) is 0 Å². The molecule has 19 heteroatoms. The summed E-state index contributed by atoms with van der Waals surface area (Å²) in [5.41, 5.74) is 5.54. The Bertz CT molecular complexity index is 2510. The van der Waals surface area contributed by atoms with E-state index in [1.54, 1.807) is 20.2 Å². The molecule has 3 aromatic carbocycles. The molecule has 4 fully saturated rings. The number of ketones is 2. The molecular weight excluding hydrogens is 1040 g/mol. The molecule has 9 rings (SSSR count). The van der Waals surface area contributed by atoms with E-state index < -0.39 is 29.5 Å². The van der Waals surface area contributed by atoms with Gasteiger partial charge < -0.3 is 19.4 Å². The molecule has 4 heterocycles. The predicted molar refractivity (Wildman–Crippen MR) is 298 cm³/mol. The van der Waals surface area contributed by atoms with E-state index in [2.05, 4.69) is 147 Å². The summed E-state index contributed by atoms with van der Waals surface area (Å²) in [4.78, 5) is 64.9. The summed E-state index contributed by atoms with van der Waals surface area (Å²) < 4.78 is 69.3. The van der Waals surface area contributed by atoms with E-state index in [0.717, 1.165) is 70.9 Å². The van der Waals surface area contributed by atoms with Gasteiger partial charge in [0, 0.05) is 104 Å². The van der Waals surface area contributed by atoms with Crippen LogP contribution >= 0.6 is 0 Å². The minimum absolute atomic E-state index is 0. The zero-order chi connectivity index (χ0) is 56.6. The highest BCUT2D eigenvalue weighted by atomic mass is 28.3. The van der Waals surface area contributed by atoms with E-state index in [1.165, 1.54) is 91.9 Å². The van der Waals surface area contributed by atoms with Crippen molar-refractivity contribution in [1.29, 1.82) is 0 Å². The third-order valence-electron chi connectivity index (χ3n) is 16.1. The molecule has 2 saturated carbocycles. The summed E-state index contributed by atoms with van der Waals surface area (Å²) >= 11 is 0. The van der Waals surface area contributed by atoms with Crippen LogP contribution in [0, 0.1) is 0 Å². The maximum Gasteiger partial charge on any atom is 0.458 e. The monoisotopic (exact) mass is 1120 g/mol. The number of alkyl halides is 6. The molecule has 4 aliphatic rings. The summed E-state index contributed by atoms with van der Waals surface area (Å²) in [5, 5.41) is 0. The van der Waals surface area contributed by atoms with Gasteiger partial charge in [-0.2, -0.15) is 26.3 Å². The van der Waals surface area contributed by atoms with Crippen molar-refractivity contribution in [3.8, 4) is 0 Å². The number of imidazole rings is 2. The Labute approximate surface area is 465 Å². The maximum atomic E-state index is 12.3. The van der Waals surface area contributed by atoms with Gasteiger partial charge in [-0.25, -0.2) is 9.97 Å². The molecule has 5 aromatic rings. The minimum Gasteiger partial charge on any atom is -0.347 e. The van der Waals surface area contributed by atoms with Crippen LogP contribution < -0.4 is 0 Å². The number of Topliss-reactive ketones (excluding diaryl/α,β-unsaturated/α-hetero) is 2. The van der Waals surface area contributed by atoms with Gasteiger partial charge in [0.1, 0.15) is 5.54 Å². The first kappa shape index (κ1) is 63.9. The molecule has 2 aliphatic heterocycles. The molecule has 1 radical (unpaired) electrons. The van der Waals surface area contributed by atoms with Crippen LogP contribution in [0.3, 0.4) is 0 Å². The first-order valence-electron chi connectivity index (χ1n) is 27.5. The van der Waals surface area contributed by atoms with Crippen LogP contribution in [0.5, 0.6) is 0 Å². The van der Waals surface area contributed by atoms with Crippen LogP contribution in [0.4, 0.5) is 26.3 Å². The summed E-state index contributed by atoms with van der Waals surface area (Å²) in [5.74, 6) is -6.40. The largest absolute Gasteiger partial charge is 0.458 e. The number of halogens is 6. The predicted octanol–water partition coefficient (Wildman–Crippen LogP) is 12.3. The molecule has 79 heavy (non-hydrogen) atoms.